The van der Waals surface area contributed by atoms with Crippen molar-refractivity contribution < 1.29 is 14.3 Å². The molecule has 0 aromatic rings. The maximum Gasteiger partial charge on any atom is 0.410 e. The highest BCUT2D eigenvalue weighted by atomic mass is 16.6. The summed E-state index contributed by atoms with van der Waals surface area (Å²) in [4.78, 5) is 27.7. The molecule has 1 rings (SSSR count). The van der Waals surface area contributed by atoms with Crippen LogP contribution in [0.2, 0.25) is 0 Å². The molecule has 0 aromatic carbocycles. The van der Waals surface area contributed by atoms with Crippen molar-refractivity contribution in [2.24, 2.45) is 11.3 Å². The topological polar surface area (TPSA) is 61.9 Å². The Morgan fingerprint density at radius 1 is 1.12 bits per heavy atom. The van der Waals surface area contributed by atoms with Crippen LogP contribution in [0.25, 0.3) is 0 Å². The lowest BCUT2D eigenvalue weighted by atomic mass is 9.96. The van der Waals surface area contributed by atoms with Crippen molar-refractivity contribution in [3.8, 4) is 0 Å². The summed E-state index contributed by atoms with van der Waals surface area (Å²) in [7, 11) is 1.83. The van der Waals surface area contributed by atoms with Crippen molar-refractivity contribution >= 4 is 12.1 Å². The minimum absolute atomic E-state index is 0.0282. The minimum Gasteiger partial charge on any atom is -0.444 e. The third-order valence-corrected chi connectivity index (χ3v) is 3.91. The molecular weight excluding hydrogens is 306 g/mol. The number of amides is 3. The van der Waals surface area contributed by atoms with Gasteiger partial charge in [-0.05, 0) is 44.9 Å². The van der Waals surface area contributed by atoms with Gasteiger partial charge in [0.1, 0.15) is 5.60 Å². The Balaban J connectivity index is 2.35. The van der Waals surface area contributed by atoms with Crippen molar-refractivity contribution in [2.75, 3.05) is 33.2 Å². The van der Waals surface area contributed by atoms with Crippen LogP contribution in [-0.4, -0.2) is 60.8 Å². The van der Waals surface area contributed by atoms with Crippen LogP contribution in [0, 0.1) is 11.3 Å². The Morgan fingerprint density at radius 2 is 1.67 bits per heavy atom. The monoisotopic (exact) mass is 341 g/mol. The van der Waals surface area contributed by atoms with E-state index in [0.29, 0.717) is 25.6 Å². The van der Waals surface area contributed by atoms with Crippen LogP contribution in [0.1, 0.15) is 54.4 Å². The van der Waals surface area contributed by atoms with E-state index < -0.39 is 5.60 Å². The zero-order chi connectivity index (χ0) is 18.5. The Hall–Kier alpha value is -1.46. The molecular formula is C18H35N3O3. The summed E-state index contributed by atoms with van der Waals surface area (Å²) in [6.07, 6.45) is 1.56. The van der Waals surface area contributed by atoms with Crippen molar-refractivity contribution in [1.82, 2.24) is 15.1 Å². The number of nitrogens with zero attached hydrogens (tertiary/aromatic N) is 2. The molecule has 140 valence electrons. The average molecular weight is 341 g/mol. The number of rotatable bonds is 3. The number of hydrogen-bond donors (Lipinski definition) is 1. The van der Waals surface area contributed by atoms with Crippen molar-refractivity contribution in [3.05, 3.63) is 0 Å². The zero-order valence-corrected chi connectivity index (χ0v) is 16.4. The molecule has 0 unspecified atom stereocenters. The molecule has 0 spiro atoms. The summed E-state index contributed by atoms with van der Waals surface area (Å²) in [5.41, 5.74) is -0.380. The second kappa shape index (κ2) is 8.08. The summed E-state index contributed by atoms with van der Waals surface area (Å²) < 4.78 is 5.41. The molecule has 3 amide bonds. The second-order valence-corrected chi connectivity index (χ2v) is 9.01. The number of likely N-dealkylation sites (tertiary alicyclic amines) is 1. The molecule has 1 heterocycles. The highest BCUT2D eigenvalue weighted by Gasteiger charge is 2.28. The summed E-state index contributed by atoms with van der Waals surface area (Å²) in [5.74, 6) is 0.425. The molecule has 0 aliphatic carbocycles. The molecule has 1 N–H and O–H groups in total. The molecule has 0 atom stereocenters. The molecule has 0 aromatic heterocycles. The van der Waals surface area contributed by atoms with Crippen LogP contribution >= 0.6 is 0 Å². The maximum atomic E-state index is 12.1. The van der Waals surface area contributed by atoms with E-state index in [9.17, 15) is 9.59 Å². The Labute approximate surface area is 146 Å². The van der Waals surface area contributed by atoms with Crippen LogP contribution in [-0.2, 0) is 4.74 Å². The van der Waals surface area contributed by atoms with Crippen molar-refractivity contribution in [1.29, 1.82) is 0 Å². The van der Waals surface area contributed by atoms with Gasteiger partial charge in [0.25, 0.3) is 0 Å². The fourth-order valence-corrected chi connectivity index (χ4v) is 2.57. The predicted octanol–water partition coefficient (Wildman–Crippen LogP) is 3.32. The van der Waals surface area contributed by atoms with Gasteiger partial charge in [0, 0.05) is 33.2 Å². The first-order chi connectivity index (χ1) is 10.9. The van der Waals surface area contributed by atoms with Crippen LogP contribution in [0.15, 0.2) is 0 Å². The Bertz CT molecular complexity index is 430. The average Bonchev–Trinajstić information content (AvgIpc) is 2.42. The molecule has 0 bridgehead atoms. The van der Waals surface area contributed by atoms with E-state index in [-0.39, 0.29) is 17.5 Å². The van der Waals surface area contributed by atoms with Gasteiger partial charge in [-0.1, -0.05) is 20.8 Å². The lowest BCUT2D eigenvalue weighted by Crippen LogP contribution is -2.46. The van der Waals surface area contributed by atoms with Gasteiger partial charge in [-0.25, -0.2) is 9.59 Å². The fraction of sp³-hybridized carbons (Fsp3) is 0.889. The largest absolute Gasteiger partial charge is 0.444 e. The van der Waals surface area contributed by atoms with Gasteiger partial charge in [-0.3, -0.25) is 0 Å². The quantitative estimate of drug-likeness (QED) is 0.856. The summed E-state index contributed by atoms with van der Waals surface area (Å²) >= 11 is 0. The third-order valence-electron chi connectivity index (χ3n) is 3.91. The van der Waals surface area contributed by atoms with E-state index in [1.54, 1.807) is 9.80 Å². The maximum absolute atomic E-state index is 12.1. The first-order valence-electron chi connectivity index (χ1n) is 8.84. The molecule has 0 radical (unpaired) electrons. The van der Waals surface area contributed by atoms with Gasteiger partial charge in [0.2, 0.25) is 0 Å². The molecule has 0 saturated carbocycles. The van der Waals surface area contributed by atoms with Gasteiger partial charge in [0.05, 0.1) is 0 Å². The van der Waals surface area contributed by atoms with E-state index in [1.165, 1.54) is 0 Å². The van der Waals surface area contributed by atoms with E-state index in [4.69, 9.17) is 4.74 Å². The zero-order valence-electron chi connectivity index (χ0n) is 16.4. The summed E-state index contributed by atoms with van der Waals surface area (Å²) in [6.45, 7) is 14.7. The minimum atomic E-state index is -0.459. The number of piperidine rings is 1. The van der Waals surface area contributed by atoms with Gasteiger partial charge in [0.15, 0.2) is 0 Å². The summed E-state index contributed by atoms with van der Waals surface area (Å²) in [5, 5.41) is 2.97. The fourth-order valence-electron chi connectivity index (χ4n) is 2.57. The molecule has 6 nitrogen and oxygen atoms in total. The van der Waals surface area contributed by atoms with Crippen LogP contribution in [0.5, 0.6) is 0 Å². The lowest BCUT2D eigenvalue weighted by Gasteiger charge is -2.35. The van der Waals surface area contributed by atoms with Crippen molar-refractivity contribution in [2.45, 2.75) is 60.0 Å². The Morgan fingerprint density at radius 3 is 2.12 bits per heavy atom. The normalized spacial score (nSPS) is 16.7. The Kier molecular flexibility index (Phi) is 6.93. The number of nitrogens with one attached hydrogen (secondary N) is 1. The van der Waals surface area contributed by atoms with Gasteiger partial charge >= 0.3 is 12.1 Å². The van der Waals surface area contributed by atoms with Crippen LogP contribution in [0.4, 0.5) is 9.59 Å². The smallest absolute Gasteiger partial charge is 0.410 e. The lowest BCUT2D eigenvalue weighted by molar-refractivity contribution is 0.0176. The van der Waals surface area contributed by atoms with Gasteiger partial charge < -0.3 is 19.9 Å². The standard InChI is InChI=1S/C18H35N3O3/c1-17(2,3)13-19-15(22)20(7)12-14-8-10-21(11-9-14)16(23)24-18(4,5)6/h14H,8-13H2,1-7H3,(H,19,22). The molecule has 6 heteroatoms. The molecule has 24 heavy (non-hydrogen) atoms. The number of ether oxygens (including phenoxy) is 1. The summed E-state index contributed by atoms with van der Waals surface area (Å²) in [6, 6.07) is -0.0282. The molecule has 1 aliphatic heterocycles. The SMILES string of the molecule is CN(CC1CCN(C(=O)OC(C)(C)C)CC1)C(=O)NCC(C)(C)C. The van der Waals surface area contributed by atoms with Crippen molar-refractivity contribution in [3.63, 3.8) is 0 Å². The van der Waals surface area contributed by atoms with E-state index in [0.717, 1.165) is 19.4 Å². The van der Waals surface area contributed by atoms with Crippen LogP contribution in [0.3, 0.4) is 0 Å². The second-order valence-electron chi connectivity index (χ2n) is 9.01. The van der Waals surface area contributed by atoms with Crippen LogP contribution < -0.4 is 5.32 Å². The first-order valence-corrected chi connectivity index (χ1v) is 8.84. The number of carbonyl (C=O) groups excluding carboxylic acids is 2. The number of hydrogen-bond acceptors (Lipinski definition) is 3. The molecule has 1 aliphatic rings. The van der Waals surface area contributed by atoms with E-state index in [1.807, 2.05) is 27.8 Å². The van der Waals surface area contributed by atoms with Gasteiger partial charge in [-0.2, -0.15) is 0 Å². The number of carbonyl (C=O) groups is 2. The highest BCUT2D eigenvalue weighted by molar-refractivity contribution is 5.73. The third kappa shape index (κ3) is 7.88. The predicted molar refractivity (Wildman–Crippen MR) is 96.0 cm³/mol. The van der Waals surface area contributed by atoms with E-state index in [2.05, 4.69) is 26.1 Å². The number of urea groups is 1. The van der Waals surface area contributed by atoms with E-state index >= 15 is 0 Å². The first kappa shape index (κ1) is 20.6. The molecule has 1 saturated heterocycles. The molecule has 1 fully saturated rings. The highest BCUT2D eigenvalue weighted by Crippen LogP contribution is 2.20. The van der Waals surface area contributed by atoms with Gasteiger partial charge in [-0.15, -0.1) is 0 Å².